The van der Waals surface area contributed by atoms with Crippen LogP contribution in [0.4, 0.5) is 4.39 Å². The number of nitrogens with zero attached hydrogens (tertiary/aromatic N) is 2. The molecule has 0 aliphatic carbocycles. The molecule has 0 radical (unpaired) electrons. The molecule has 1 saturated heterocycles. The van der Waals surface area contributed by atoms with E-state index in [1.807, 2.05) is 0 Å². The van der Waals surface area contributed by atoms with Crippen LogP contribution in [0.2, 0.25) is 0 Å². The third kappa shape index (κ3) is 3.00. The first-order chi connectivity index (χ1) is 9.76. The van der Waals surface area contributed by atoms with Gasteiger partial charge in [-0.1, -0.05) is 13.3 Å². The lowest BCUT2D eigenvalue weighted by molar-refractivity contribution is 0.144. The van der Waals surface area contributed by atoms with Gasteiger partial charge in [-0.25, -0.2) is 9.37 Å². The number of aromatic nitrogens is 1. The van der Waals surface area contributed by atoms with Crippen molar-refractivity contribution in [3.05, 3.63) is 29.0 Å². The molecule has 0 saturated carbocycles. The Labute approximate surface area is 122 Å². The van der Waals surface area contributed by atoms with E-state index in [0.29, 0.717) is 6.04 Å². The van der Waals surface area contributed by atoms with Crippen LogP contribution < -0.4 is 5.32 Å². The highest BCUT2D eigenvalue weighted by atomic mass is 32.1. The molecule has 20 heavy (non-hydrogen) atoms. The van der Waals surface area contributed by atoms with E-state index in [0.717, 1.165) is 41.4 Å². The van der Waals surface area contributed by atoms with Crippen LogP contribution in [0.5, 0.6) is 0 Å². The first kappa shape index (κ1) is 13.9. The summed E-state index contributed by atoms with van der Waals surface area (Å²) < 4.78 is 14.2. The normalized spacial score (nSPS) is 20.6. The molecule has 2 aromatic rings. The van der Waals surface area contributed by atoms with E-state index in [-0.39, 0.29) is 5.82 Å². The Bertz CT molecular complexity index is 582. The van der Waals surface area contributed by atoms with Crippen LogP contribution in [0.25, 0.3) is 10.2 Å². The van der Waals surface area contributed by atoms with Crippen molar-refractivity contribution in [2.24, 2.45) is 0 Å². The smallest absolute Gasteiger partial charge is 0.124 e. The molecule has 1 aromatic carbocycles. The van der Waals surface area contributed by atoms with Crippen LogP contribution in [0.15, 0.2) is 18.2 Å². The molecule has 1 aliphatic rings. The van der Waals surface area contributed by atoms with Gasteiger partial charge >= 0.3 is 0 Å². The number of piperazine rings is 1. The summed E-state index contributed by atoms with van der Waals surface area (Å²) in [6, 6.07) is 5.43. The fraction of sp³-hybridized carbons (Fsp3) is 0.533. The minimum atomic E-state index is -0.182. The van der Waals surface area contributed by atoms with Crippen LogP contribution in [-0.2, 0) is 6.54 Å². The molecule has 1 atom stereocenters. The largest absolute Gasteiger partial charge is 0.314 e. The summed E-state index contributed by atoms with van der Waals surface area (Å²) in [6.07, 6.45) is 2.42. The van der Waals surface area contributed by atoms with Gasteiger partial charge < -0.3 is 5.32 Å². The zero-order chi connectivity index (χ0) is 13.9. The van der Waals surface area contributed by atoms with Crippen molar-refractivity contribution in [2.45, 2.75) is 32.4 Å². The van der Waals surface area contributed by atoms with Gasteiger partial charge in [-0.15, -0.1) is 11.3 Å². The molecule has 1 unspecified atom stereocenters. The van der Waals surface area contributed by atoms with Gasteiger partial charge in [0.2, 0.25) is 0 Å². The van der Waals surface area contributed by atoms with E-state index < -0.39 is 0 Å². The first-order valence-corrected chi connectivity index (χ1v) is 8.07. The quantitative estimate of drug-likeness (QED) is 0.939. The van der Waals surface area contributed by atoms with Gasteiger partial charge in [-0.2, -0.15) is 0 Å². The fourth-order valence-electron chi connectivity index (χ4n) is 2.82. The summed E-state index contributed by atoms with van der Waals surface area (Å²) in [6.45, 7) is 6.28. The van der Waals surface area contributed by atoms with Crippen molar-refractivity contribution < 1.29 is 4.39 Å². The Morgan fingerprint density at radius 3 is 3.25 bits per heavy atom. The summed E-state index contributed by atoms with van der Waals surface area (Å²) in [7, 11) is 0. The predicted molar refractivity (Wildman–Crippen MR) is 81.6 cm³/mol. The highest BCUT2D eigenvalue weighted by Gasteiger charge is 2.22. The molecule has 3 rings (SSSR count). The highest BCUT2D eigenvalue weighted by molar-refractivity contribution is 7.18. The van der Waals surface area contributed by atoms with Gasteiger partial charge in [0.1, 0.15) is 10.8 Å². The van der Waals surface area contributed by atoms with Crippen LogP contribution in [0.1, 0.15) is 24.8 Å². The maximum atomic E-state index is 13.2. The van der Waals surface area contributed by atoms with E-state index in [1.165, 1.54) is 18.9 Å². The SMILES string of the molecule is CCCC1CNCCN1Cc1nc2ccc(F)cc2s1. The molecular formula is C15H20FN3S. The zero-order valence-corrected chi connectivity index (χ0v) is 12.5. The number of rotatable bonds is 4. The molecule has 1 aliphatic heterocycles. The minimum absolute atomic E-state index is 0.182. The third-order valence-electron chi connectivity index (χ3n) is 3.83. The number of hydrogen-bond acceptors (Lipinski definition) is 4. The Hall–Kier alpha value is -1.04. The average Bonchev–Trinajstić information content (AvgIpc) is 2.82. The second-order valence-corrected chi connectivity index (χ2v) is 6.45. The highest BCUT2D eigenvalue weighted by Crippen LogP contribution is 2.25. The van der Waals surface area contributed by atoms with Crippen molar-refractivity contribution in [2.75, 3.05) is 19.6 Å². The average molecular weight is 293 g/mol. The third-order valence-corrected chi connectivity index (χ3v) is 4.83. The molecule has 5 heteroatoms. The fourth-order valence-corrected chi connectivity index (χ4v) is 3.83. The number of fused-ring (bicyclic) bond motifs is 1. The molecular weight excluding hydrogens is 273 g/mol. The summed E-state index contributed by atoms with van der Waals surface area (Å²) in [4.78, 5) is 7.14. The molecule has 1 N–H and O–H groups in total. The second-order valence-electron chi connectivity index (χ2n) is 5.34. The zero-order valence-electron chi connectivity index (χ0n) is 11.7. The number of thiazole rings is 1. The van der Waals surface area contributed by atoms with E-state index in [4.69, 9.17) is 0 Å². The lowest BCUT2D eigenvalue weighted by atomic mass is 10.1. The van der Waals surface area contributed by atoms with Crippen molar-refractivity contribution >= 4 is 21.6 Å². The maximum absolute atomic E-state index is 13.2. The van der Waals surface area contributed by atoms with E-state index in [2.05, 4.69) is 22.1 Å². The van der Waals surface area contributed by atoms with Crippen molar-refractivity contribution in [1.29, 1.82) is 0 Å². The van der Waals surface area contributed by atoms with Crippen molar-refractivity contribution in [3.63, 3.8) is 0 Å². The van der Waals surface area contributed by atoms with Crippen molar-refractivity contribution in [1.82, 2.24) is 15.2 Å². The second kappa shape index (κ2) is 6.16. The Morgan fingerprint density at radius 1 is 1.50 bits per heavy atom. The van der Waals surface area contributed by atoms with E-state index >= 15 is 0 Å². The molecule has 0 bridgehead atoms. The Morgan fingerprint density at radius 2 is 2.40 bits per heavy atom. The molecule has 2 heterocycles. The van der Waals surface area contributed by atoms with Crippen LogP contribution in [-0.4, -0.2) is 35.6 Å². The monoisotopic (exact) mass is 293 g/mol. The van der Waals surface area contributed by atoms with Gasteiger partial charge in [-0.05, 0) is 24.6 Å². The predicted octanol–water partition coefficient (Wildman–Crippen LogP) is 3.01. The lowest BCUT2D eigenvalue weighted by Crippen LogP contribution is -2.50. The molecule has 3 nitrogen and oxygen atoms in total. The number of nitrogens with one attached hydrogen (secondary N) is 1. The Kier molecular flexibility index (Phi) is 4.29. The van der Waals surface area contributed by atoms with Crippen molar-refractivity contribution in [3.8, 4) is 0 Å². The van der Waals surface area contributed by atoms with E-state index in [1.54, 1.807) is 23.5 Å². The molecule has 1 aromatic heterocycles. The van der Waals surface area contributed by atoms with E-state index in [9.17, 15) is 4.39 Å². The van der Waals surface area contributed by atoms with Gasteiger partial charge in [0.15, 0.2) is 0 Å². The van der Waals surface area contributed by atoms with Gasteiger partial charge in [0, 0.05) is 25.7 Å². The lowest BCUT2D eigenvalue weighted by Gasteiger charge is -2.35. The van der Waals surface area contributed by atoms with Gasteiger partial charge in [0.25, 0.3) is 0 Å². The van der Waals surface area contributed by atoms with Crippen LogP contribution in [0.3, 0.4) is 0 Å². The number of benzene rings is 1. The summed E-state index contributed by atoms with van der Waals surface area (Å²) in [5, 5.41) is 4.55. The molecule has 1 fully saturated rings. The standard InChI is InChI=1S/C15H20FN3S/c1-2-3-12-9-17-6-7-19(12)10-15-18-13-5-4-11(16)8-14(13)20-15/h4-5,8,12,17H,2-3,6-7,9-10H2,1H3. The van der Waals surface area contributed by atoms with Gasteiger partial charge in [-0.3, -0.25) is 4.90 Å². The first-order valence-electron chi connectivity index (χ1n) is 7.26. The maximum Gasteiger partial charge on any atom is 0.124 e. The molecule has 108 valence electrons. The summed E-state index contributed by atoms with van der Waals surface area (Å²) in [5.41, 5.74) is 0.911. The number of hydrogen-bond donors (Lipinski definition) is 1. The van der Waals surface area contributed by atoms with Crippen LogP contribution >= 0.6 is 11.3 Å². The topological polar surface area (TPSA) is 28.2 Å². The van der Waals surface area contributed by atoms with Gasteiger partial charge in [0.05, 0.1) is 16.8 Å². The molecule has 0 spiro atoms. The number of halogens is 1. The van der Waals surface area contributed by atoms with Crippen LogP contribution in [0, 0.1) is 5.82 Å². The summed E-state index contributed by atoms with van der Waals surface area (Å²) >= 11 is 1.61. The Balaban J connectivity index is 1.77. The minimum Gasteiger partial charge on any atom is -0.314 e. The molecule has 0 amide bonds. The summed E-state index contributed by atoms with van der Waals surface area (Å²) in [5.74, 6) is -0.182.